The van der Waals surface area contributed by atoms with Gasteiger partial charge in [0.2, 0.25) is 0 Å². The summed E-state index contributed by atoms with van der Waals surface area (Å²) >= 11 is 5.56. The van der Waals surface area contributed by atoms with Crippen LogP contribution in [0.15, 0.2) is 47.7 Å². The van der Waals surface area contributed by atoms with E-state index in [1.807, 2.05) is 18.2 Å². The zero-order valence-electron chi connectivity index (χ0n) is 15.9. The Morgan fingerprint density at radius 2 is 1.86 bits per heavy atom. The van der Waals surface area contributed by atoms with E-state index in [1.165, 1.54) is 0 Å². The number of aromatic hydroxyl groups is 1. The van der Waals surface area contributed by atoms with Crippen molar-refractivity contribution in [3.05, 3.63) is 48.3 Å². The van der Waals surface area contributed by atoms with Crippen molar-refractivity contribution in [3.8, 4) is 5.75 Å². The predicted octanol–water partition coefficient (Wildman–Crippen LogP) is 2.03. The summed E-state index contributed by atoms with van der Waals surface area (Å²) in [7, 11) is 2.07. The highest BCUT2D eigenvalue weighted by atomic mass is 32.1. The number of rotatable bonds is 2. The molecule has 146 valence electrons. The number of piperazine rings is 1. The van der Waals surface area contributed by atoms with E-state index in [9.17, 15) is 5.11 Å². The average molecular weight is 397 g/mol. The van der Waals surface area contributed by atoms with Crippen LogP contribution in [0.5, 0.6) is 5.75 Å². The fourth-order valence-electron chi connectivity index (χ4n) is 3.57. The highest BCUT2D eigenvalue weighted by molar-refractivity contribution is 7.80. The summed E-state index contributed by atoms with van der Waals surface area (Å²) in [6, 6.07) is 11.3. The molecule has 0 saturated carbocycles. The lowest BCUT2D eigenvalue weighted by atomic mass is 10.1. The first kappa shape index (κ1) is 18.5. The molecule has 0 unspecified atom stereocenters. The number of anilines is 2. The van der Waals surface area contributed by atoms with E-state index in [2.05, 4.69) is 43.3 Å². The maximum Gasteiger partial charge on any atom is 0.189 e. The lowest BCUT2D eigenvalue weighted by molar-refractivity contribution is 0.381. The van der Waals surface area contributed by atoms with E-state index in [0.717, 1.165) is 61.9 Å². The van der Waals surface area contributed by atoms with Crippen molar-refractivity contribution < 1.29 is 5.11 Å². The number of nitrogens with one attached hydrogen (secondary N) is 1. The second-order valence-electron chi connectivity index (χ2n) is 7.01. The van der Waals surface area contributed by atoms with Crippen LogP contribution in [0.1, 0.15) is 12.1 Å². The van der Waals surface area contributed by atoms with E-state index in [-0.39, 0.29) is 5.75 Å². The summed E-state index contributed by atoms with van der Waals surface area (Å²) in [6.45, 7) is 4.32. The van der Waals surface area contributed by atoms with Crippen LogP contribution in [0, 0.1) is 0 Å². The van der Waals surface area contributed by atoms with E-state index in [1.54, 1.807) is 18.3 Å². The van der Waals surface area contributed by atoms with Gasteiger partial charge in [0, 0.05) is 58.1 Å². The molecule has 1 aromatic carbocycles. The maximum absolute atomic E-state index is 9.44. The molecular formula is C20H24N6OS. The smallest absolute Gasteiger partial charge is 0.189 e. The van der Waals surface area contributed by atoms with Crippen LogP contribution in [0.4, 0.5) is 11.4 Å². The number of hydrazone groups is 1. The first-order valence-electron chi connectivity index (χ1n) is 9.44. The van der Waals surface area contributed by atoms with Crippen LogP contribution in [0.3, 0.4) is 0 Å². The molecule has 0 atom stereocenters. The van der Waals surface area contributed by atoms with Gasteiger partial charge in [-0.2, -0.15) is 5.10 Å². The van der Waals surface area contributed by atoms with Gasteiger partial charge >= 0.3 is 0 Å². The molecular weight excluding hydrogens is 372 g/mol. The number of aromatic nitrogens is 1. The fourth-order valence-corrected chi connectivity index (χ4v) is 3.79. The Balaban J connectivity index is 1.36. The average Bonchev–Trinajstić information content (AvgIpc) is 2.74. The number of benzene rings is 1. The van der Waals surface area contributed by atoms with Gasteiger partial charge < -0.3 is 19.8 Å². The molecule has 4 rings (SSSR count). The summed E-state index contributed by atoms with van der Waals surface area (Å²) in [5, 5.41) is 14.7. The van der Waals surface area contributed by atoms with Crippen molar-refractivity contribution in [1.29, 1.82) is 0 Å². The molecule has 2 aliphatic heterocycles. The van der Waals surface area contributed by atoms with Crippen molar-refractivity contribution >= 4 is 34.4 Å². The molecule has 2 N–H and O–H groups in total. The summed E-state index contributed by atoms with van der Waals surface area (Å²) in [5.41, 5.74) is 7.15. The topological polar surface area (TPSA) is 67.2 Å². The molecule has 3 heterocycles. The number of hydrogen-bond donors (Lipinski definition) is 2. The van der Waals surface area contributed by atoms with Gasteiger partial charge in [0.1, 0.15) is 11.4 Å². The second kappa shape index (κ2) is 8.02. The zero-order chi connectivity index (χ0) is 19.5. The standard InChI is InChI=1S/C20H24N6OS/c1-24-10-8-17(19-18(24)3-2-9-21-19)22-23-20(28)26-13-11-25(12-14-26)15-4-6-16(27)7-5-15/h2-7,9,27H,8,10-14H2,1H3,(H,23,28)/b22-17-. The Bertz CT molecular complexity index is 877. The number of phenols is 1. The van der Waals surface area contributed by atoms with Crippen LogP contribution in [0.25, 0.3) is 0 Å². The maximum atomic E-state index is 9.44. The minimum atomic E-state index is 0.289. The molecule has 1 aromatic heterocycles. The van der Waals surface area contributed by atoms with Crippen LogP contribution in [-0.2, 0) is 0 Å². The molecule has 1 saturated heterocycles. The quantitative estimate of drug-likeness (QED) is 0.595. The first-order valence-corrected chi connectivity index (χ1v) is 9.84. The number of nitrogens with zero attached hydrogens (tertiary/aromatic N) is 5. The number of fused-ring (bicyclic) bond motifs is 1. The summed E-state index contributed by atoms with van der Waals surface area (Å²) in [5.74, 6) is 0.289. The highest BCUT2D eigenvalue weighted by Gasteiger charge is 2.22. The van der Waals surface area contributed by atoms with Crippen molar-refractivity contribution in [2.75, 3.05) is 49.6 Å². The molecule has 28 heavy (non-hydrogen) atoms. The Hall–Kier alpha value is -2.87. The van der Waals surface area contributed by atoms with Crippen molar-refractivity contribution in [1.82, 2.24) is 15.3 Å². The SMILES string of the molecule is CN1CC/C(=N/NC(=S)N2CCN(c3ccc(O)cc3)CC2)c2ncccc21. The third-order valence-corrected chi connectivity index (χ3v) is 5.57. The molecule has 2 aromatic rings. The second-order valence-corrected chi connectivity index (χ2v) is 7.40. The zero-order valence-corrected chi connectivity index (χ0v) is 16.7. The van der Waals surface area contributed by atoms with Gasteiger partial charge in [0.25, 0.3) is 0 Å². The molecule has 0 amide bonds. The highest BCUT2D eigenvalue weighted by Crippen LogP contribution is 2.24. The molecule has 1 fully saturated rings. The Labute approximate surface area is 170 Å². The van der Waals surface area contributed by atoms with Crippen molar-refractivity contribution in [2.24, 2.45) is 5.10 Å². The largest absolute Gasteiger partial charge is 0.508 e. The third-order valence-electron chi connectivity index (χ3n) is 5.22. The molecule has 0 spiro atoms. The summed E-state index contributed by atoms with van der Waals surface area (Å²) < 4.78 is 0. The van der Waals surface area contributed by atoms with E-state index < -0.39 is 0 Å². The minimum Gasteiger partial charge on any atom is -0.508 e. The molecule has 8 heteroatoms. The fraction of sp³-hybridized carbons (Fsp3) is 0.350. The van der Waals surface area contributed by atoms with E-state index in [4.69, 9.17) is 12.2 Å². The lowest BCUT2D eigenvalue weighted by Crippen LogP contribution is -2.51. The summed E-state index contributed by atoms with van der Waals surface area (Å²) in [4.78, 5) is 11.1. The minimum absolute atomic E-state index is 0.289. The molecule has 0 aliphatic carbocycles. The van der Waals surface area contributed by atoms with Gasteiger partial charge in [0.15, 0.2) is 5.11 Å². The van der Waals surface area contributed by atoms with Gasteiger partial charge in [-0.3, -0.25) is 10.4 Å². The van der Waals surface area contributed by atoms with Gasteiger partial charge in [-0.05, 0) is 48.6 Å². The third kappa shape index (κ3) is 3.87. The predicted molar refractivity (Wildman–Crippen MR) is 116 cm³/mol. The van der Waals surface area contributed by atoms with Gasteiger partial charge in [-0.1, -0.05) is 0 Å². The Kier molecular flexibility index (Phi) is 5.29. The van der Waals surface area contributed by atoms with Crippen molar-refractivity contribution in [3.63, 3.8) is 0 Å². The lowest BCUT2D eigenvalue weighted by Gasteiger charge is -2.37. The molecule has 7 nitrogen and oxygen atoms in total. The normalized spacial score (nSPS) is 18.2. The summed E-state index contributed by atoms with van der Waals surface area (Å²) in [6.07, 6.45) is 2.64. The number of thiocarbonyl (C=S) groups is 1. The Morgan fingerprint density at radius 3 is 2.61 bits per heavy atom. The molecule has 0 bridgehead atoms. The van der Waals surface area contributed by atoms with Crippen molar-refractivity contribution in [2.45, 2.75) is 6.42 Å². The monoisotopic (exact) mass is 396 g/mol. The van der Waals surface area contributed by atoms with Gasteiger partial charge in [-0.25, -0.2) is 0 Å². The van der Waals surface area contributed by atoms with E-state index >= 15 is 0 Å². The van der Waals surface area contributed by atoms with Crippen LogP contribution in [0.2, 0.25) is 0 Å². The number of hydrogen-bond acceptors (Lipinski definition) is 6. The van der Waals surface area contributed by atoms with Crippen LogP contribution >= 0.6 is 12.2 Å². The van der Waals surface area contributed by atoms with Crippen LogP contribution in [-0.4, -0.2) is 65.6 Å². The molecule has 2 aliphatic rings. The van der Waals surface area contributed by atoms with E-state index in [0.29, 0.717) is 5.11 Å². The van der Waals surface area contributed by atoms with Gasteiger partial charge in [-0.15, -0.1) is 0 Å². The Morgan fingerprint density at radius 1 is 1.11 bits per heavy atom. The number of phenolic OH excluding ortho intramolecular Hbond substituents is 1. The molecule has 0 radical (unpaired) electrons. The number of pyridine rings is 1. The van der Waals surface area contributed by atoms with Crippen LogP contribution < -0.4 is 15.2 Å². The first-order chi connectivity index (χ1) is 13.6. The van der Waals surface area contributed by atoms with Gasteiger partial charge in [0.05, 0.1) is 11.4 Å².